The van der Waals surface area contributed by atoms with Gasteiger partial charge in [-0.15, -0.1) is 0 Å². The van der Waals surface area contributed by atoms with Crippen LogP contribution in [-0.2, 0) is 0 Å². The van der Waals surface area contributed by atoms with E-state index in [0.29, 0.717) is 0 Å². The predicted octanol–water partition coefficient (Wildman–Crippen LogP) is 13.8. The number of rotatable bonds is 5. The lowest BCUT2D eigenvalue weighted by molar-refractivity contribution is 0.669. The number of hydrogen-bond donors (Lipinski definition) is 0. The van der Waals surface area contributed by atoms with E-state index in [0.717, 1.165) is 82.8 Å². The zero-order valence-electron chi connectivity index (χ0n) is 27.1. The van der Waals surface area contributed by atoms with E-state index in [4.69, 9.17) is 8.83 Å². The molecule has 2 heteroatoms. The number of benzene rings is 8. The summed E-state index contributed by atoms with van der Waals surface area (Å²) in [6, 6.07) is 64.5. The van der Waals surface area contributed by atoms with E-state index in [1.165, 1.54) is 16.7 Å². The average Bonchev–Trinajstić information content (AvgIpc) is 3.77. The molecule has 0 aliphatic heterocycles. The van der Waals surface area contributed by atoms with Crippen molar-refractivity contribution in [1.29, 1.82) is 0 Å². The summed E-state index contributed by atoms with van der Waals surface area (Å²) in [7, 11) is 0. The van der Waals surface area contributed by atoms with Crippen LogP contribution in [0.1, 0.15) is 0 Å². The smallest absolute Gasteiger partial charge is 0.143 e. The molecule has 0 unspecified atom stereocenters. The van der Waals surface area contributed by atoms with Gasteiger partial charge in [0.1, 0.15) is 22.3 Å². The van der Waals surface area contributed by atoms with E-state index >= 15 is 0 Å². The molecule has 0 bridgehead atoms. The quantitative estimate of drug-likeness (QED) is 0.187. The Morgan fingerprint density at radius 2 is 0.760 bits per heavy atom. The number of furan rings is 2. The molecule has 0 aliphatic rings. The lowest BCUT2D eigenvalue weighted by Crippen LogP contribution is -1.89. The lowest BCUT2D eigenvalue weighted by Gasteiger charge is -2.14. The molecule has 50 heavy (non-hydrogen) atoms. The van der Waals surface area contributed by atoms with Gasteiger partial charge in [-0.2, -0.15) is 0 Å². The number of hydrogen-bond acceptors (Lipinski definition) is 2. The fourth-order valence-electron chi connectivity index (χ4n) is 7.44. The summed E-state index contributed by atoms with van der Waals surface area (Å²) >= 11 is 0. The first-order valence-corrected chi connectivity index (χ1v) is 17.0. The minimum absolute atomic E-state index is 0.879. The molecular formula is C48H30O2. The van der Waals surface area contributed by atoms with Gasteiger partial charge in [0.15, 0.2) is 0 Å². The van der Waals surface area contributed by atoms with Crippen molar-refractivity contribution in [2.45, 2.75) is 0 Å². The maximum absolute atomic E-state index is 6.71. The van der Waals surface area contributed by atoms with Crippen molar-refractivity contribution in [1.82, 2.24) is 0 Å². The van der Waals surface area contributed by atoms with Gasteiger partial charge in [0.05, 0.1) is 0 Å². The van der Waals surface area contributed by atoms with Gasteiger partial charge in [-0.1, -0.05) is 133 Å². The molecule has 0 atom stereocenters. The molecule has 0 radical (unpaired) electrons. The summed E-state index contributed by atoms with van der Waals surface area (Å²) in [5.74, 6) is 0. The van der Waals surface area contributed by atoms with Gasteiger partial charge in [0.2, 0.25) is 0 Å². The van der Waals surface area contributed by atoms with Crippen molar-refractivity contribution in [3.63, 3.8) is 0 Å². The lowest BCUT2D eigenvalue weighted by atomic mass is 9.90. The van der Waals surface area contributed by atoms with E-state index in [1.807, 2.05) is 18.2 Å². The maximum atomic E-state index is 6.71. The SMILES string of the molecule is c1ccc(-c2ccc(-c3cc(-c4ccccc4)cc(-c4cc(-c5cccc6oc7ccccc7c56)cc5c4oc4ccccc45)c3)cc2)cc1. The van der Waals surface area contributed by atoms with Crippen molar-refractivity contribution < 1.29 is 8.83 Å². The van der Waals surface area contributed by atoms with Crippen LogP contribution < -0.4 is 0 Å². The highest BCUT2D eigenvalue weighted by molar-refractivity contribution is 6.16. The fourth-order valence-corrected chi connectivity index (χ4v) is 7.44. The molecule has 0 saturated carbocycles. The van der Waals surface area contributed by atoms with Crippen molar-refractivity contribution in [2.24, 2.45) is 0 Å². The van der Waals surface area contributed by atoms with Gasteiger partial charge in [-0.05, 0) is 98.6 Å². The van der Waals surface area contributed by atoms with Gasteiger partial charge in [-0.25, -0.2) is 0 Å². The average molecular weight is 639 g/mol. The highest BCUT2D eigenvalue weighted by Gasteiger charge is 2.19. The molecule has 8 aromatic carbocycles. The molecule has 0 saturated heterocycles. The second-order valence-corrected chi connectivity index (χ2v) is 12.9. The molecule has 0 fully saturated rings. The summed E-state index contributed by atoms with van der Waals surface area (Å²) in [6.07, 6.45) is 0. The van der Waals surface area contributed by atoms with Crippen LogP contribution in [0.5, 0.6) is 0 Å². The van der Waals surface area contributed by atoms with Crippen molar-refractivity contribution in [2.75, 3.05) is 0 Å². The monoisotopic (exact) mass is 638 g/mol. The third kappa shape index (κ3) is 4.73. The number of fused-ring (bicyclic) bond motifs is 6. The molecule has 0 aliphatic carbocycles. The third-order valence-corrected chi connectivity index (χ3v) is 9.87. The van der Waals surface area contributed by atoms with Crippen LogP contribution in [0.2, 0.25) is 0 Å². The van der Waals surface area contributed by atoms with Crippen LogP contribution in [0, 0.1) is 0 Å². The Bertz CT molecular complexity index is 2840. The highest BCUT2D eigenvalue weighted by Crippen LogP contribution is 2.44. The molecule has 10 aromatic rings. The first kappa shape index (κ1) is 28.4. The molecule has 2 aromatic heterocycles. The Morgan fingerprint density at radius 3 is 1.46 bits per heavy atom. The van der Waals surface area contributed by atoms with Gasteiger partial charge in [0, 0.05) is 27.1 Å². The van der Waals surface area contributed by atoms with E-state index in [-0.39, 0.29) is 0 Å². The van der Waals surface area contributed by atoms with Gasteiger partial charge in [-0.3, -0.25) is 0 Å². The van der Waals surface area contributed by atoms with Crippen LogP contribution in [0.3, 0.4) is 0 Å². The van der Waals surface area contributed by atoms with Gasteiger partial charge in [0.25, 0.3) is 0 Å². The zero-order valence-corrected chi connectivity index (χ0v) is 27.1. The summed E-state index contributed by atoms with van der Waals surface area (Å²) in [5.41, 5.74) is 15.0. The van der Waals surface area contributed by atoms with Crippen LogP contribution in [0.15, 0.2) is 191 Å². The van der Waals surface area contributed by atoms with E-state index in [1.54, 1.807) is 0 Å². The zero-order chi connectivity index (χ0) is 33.0. The number of para-hydroxylation sites is 2. The summed E-state index contributed by atoms with van der Waals surface area (Å²) in [5, 5.41) is 4.44. The molecule has 2 heterocycles. The van der Waals surface area contributed by atoms with Crippen molar-refractivity contribution in [3.8, 4) is 55.6 Å². The Labute approximate surface area is 289 Å². The highest BCUT2D eigenvalue weighted by atomic mass is 16.3. The van der Waals surface area contributed by atoms with Gasteiger partial charge >= 0.3 is 0 Å². The van der Waals surface area contributed by atoms with E-state index in [9.17, 15) is 0 Å². The van der Waals surface area contributed by atoms with E-state index < -0.39 is 0 Å². The fraction of sp³-hybridized carbons (Fsp3) is 0. The van der Waals surface area contributed by atoms with Crippen molar-refractivity contribution in [3.05, 3.63) is 182 Å². The standard InChI is InChI=1S/C48H30O2/c1-3-12-31(13-4-1)33-22-24-34(25-23-33)36-26-35(32-14-5-2-6-15-32)27-37(28-36)42-29-38(30-43-40-16-7-9-19-44(40)50-48(42)43)39-18-11-21-46-47(39)41-17-8-10-20-45(41)49-46/h1-30H. The molecule has 0 amide bonds. The van der Waals surface area contributed by atoms with Crippen molar-refractivity contribution >= 4 is 43.9 Å². The summed E-state index contributed by atoms with van der Waals surface area (Å²) in [4.78, 5) is 0. The molecule has 234 valence electrons. The van der Waals surface area contributed by atoms with Crippen LogP contribution in [-0.4, -0.2) is 0 Å². The molecule has 2 nitrogen and oxygen atoms in total. The topological polar surface area (TPSA) is 26.3 Å². The predicted molar refractivity (Wildman–Crippen MR) is 208 cm³/mol. The molecule has 0 spiro atoms. The first-order valence-electron chi connectivity index (χ1n) is 17.0. The van der Waals surface area contributed by atoms with Gasteiger partial charge < -0.3 is 8.83 Å². The second kappa shape index (κ2) is 11.5. The largest absolute Gasteiger partial charge is 0.456 e. The molecule has 0 N–H and O–H groups in total. The van der Waals surface area contributed by atoms with Crippen LogP contribution in [0.25, 0.3) is 99.5 Å². The first-order chi connectivity index (χ1) is 24.8. The minimum Gasteiger partial charge on any atom is -0.456 e. The Balaban J connectivity index is 1.23. The second-order valence-electron chi connectivity index (χ2n) is 12.9. The maximum Gasteiger partial charge on any atom is 0.143 e. The minimum atomic E-state index is 0.879. The van der Waals surface area contributed by atoms with E-state index in [2.05, 4.69) is 164 Å². The summed E-state index contributed by atoms with van der Waals surface area (Å²) < 4.78 is 13.0. The Kier molecular flexibility index (Phi) is 6.53. The normalized spacial score (nSPS) is 11.6. The van der Waals surface area contributed by atoms with Crippen LogP contribution in [0.4, 0.5) is 0 Å². The van der Waals surface area contributed by atoms with Crippen LogP contribution >= 0.6 is 0 Å². The third-order valence-electron chi connectivity index (χ3n) is 9.87. The molecular weight excluding hydrogens is 609 g/mol. The Morgan fingerprint density at radius 1 is 0.260 bits per heavy atom. The summed E-state index contributed by atoms with van der Waals surface area (Å²) in [6.45, 7) is 0. The molecule has 10 rings (SSSR count). The Hall–Kier alpha value is -6.64.